The molecule has 0 bridgehead atoms. The SMILES string of the molecule is O=[N+]([O-])/C=C/c1ccc2ccccc2c1. The van der Waals surface area contributed by atoms with Crippen LogP contribution in [0.3, 0.4) is 0 Å². The third-order valence-electron chi connectivity index (χ3n) is 2.16. The fraction of sp³-hybridized carbons (Fsp3) is 0. The van der Waals surface area contributed by atoms with Gasteiger partial charge in [0, 0.05) is 6.08 Å². The Morgan fingerprint density at radius 1 is 1.07 bits per heavy atom. The second-order valence-electron chi connectivity index (χ2n) is 3.21. The highest BCUT2D eigenvalue weighted by Crippen LogP contribution is 2.16. The zero-order valence-corrected chi connectivity index (χ0v) is 7.96. The van der Waals surface area contributed by atoms with Gasteiger partial charge in [-0.05, 0) is 22.4 Å². The van der Waals surface area contributed by atoms with E-state index in [1.807, 2.05) is 42.5 Å². The van der Waals surface area contributed by atoms with E-state index >= 15 is 0 Å². The molecule has 0 aliphatic heterocycles. The lowest BCUT2D eigenvalue weighted by molar-refractivity contribution is -0.400. The van der Waals surface area contributed by atoms with Crippen molar-refractivity contribution in [2.75, 3.05) is 0 Å². The summed E-state index contributed by atoms with van der Waals surface area (Å²) in [5.41, 5.74) is 0.838. The van der Waals surface area contributed by atoms with Crippen LogP contribution in [-0.2, 0) is 0 Å². The van der Waals surface area contributed by atoms with Crippen molar-refractivity contribution < 1.29 is 4.92 Å². The average molecular weight is 199 g/mol. The van der Waals surface area contributed by atoms with Crippen LogP contribution in [0.2, 0.25) is 0 Å². The average Bonchev–Trinajstić information content (AvgIpc) is 2.26. The Kier molecular flexibility index (Phi) is 2.46. The van der Waals surface area contributed by atoms with Crippen LogP contribution < -0.4 is 0 Å². The summed E-state index contributed by atoms with van der Waals surface area (Å²) in [4.78, 5) is 9.69. The number of nitro groups is 1. The maximum absolute atomic E-state index is 10.2. The molecule has 0 aromatic heterocycles. The van der Waals surface area contributed by atoms with Crippen molar-refractivity contribution in [1.29, 1.82) is 0 Å². The number of hydrogen-bond donors (Lipinski definition) is 0. The molecule has 0 aliphatic rings. The van der Waals surface area contributed by atoms with Gasteiger partial charge in [-0.1, -0.05) is 36.4 Å². The molecule has 0 heterocycles. The molecule has 0 aliphatic carbocycles. The van der Waals surface area contributed by atoms with Gasteiger partial charge in [-0.25, -0.2) is 0 Å². The van der Waals surface area contributed by atoms with E-state index in [0.29, 0.717) is 0 Å². The normalized spacial score (nSPS) is 10.9. The van der Waals surface area contributed by atoms with Gasteiger partial charge < -0.3 is 0 Å². The third kappa shape index (κ3) is 2.20. The van der Waals surface area contributed by atoms with Crippen LogP contribution in [0.15, 0.2) is 48.7 Å². The monoisotopic (exact) mass is 199 g/mol. The third-order valence-corrected chi connectivity index (χ3v) is 2.16. The lowest BCUT2D eigenvalue weighted by Gasteiger charge is -1.97. The Labute approximate surface area is 86.8 Å². The van der Waals surface area contributed by atoms with Crippen molar-refractivity contribution in [2.24, 2.45) is 0 Å². The van der Waals surface area contributed by atoms with Crippen molar-refractivity contribution in [3.63, 3.8) is 0 Å². The van der Waals surface area contributed by atoms with Gasteiger partial charge in [0.15, 0.2) is 0 Å². The van der Waals surface area contributed by atoms with Gasteiger partial charge in [0.25, 0.3) is 0 Å². The molecule has 0 radical (unpaired) electrons. The lowest BCUT2D eigenvalue weighted by Crippen LogP contribution is -1.82. The zero-order chi connectivity index (χ0) is 10.7. The second kappa shape index (κ2) is 3.92. The molecule has 0 amide bonds. The molecule has 15 heavy (non-hydrogen) atoms. The van der Waals surface area contributed by atoms with Gasteiger partial charge >= 0.3 is 0 Å². The minimum Gasteiger partial charge on any atom is -0.259 e. The van der Waals surface area contributed by atoms with E-state index < -0.39 is 4.92 Å². The molecule has 2 rings (SSSR count). The first-order valence-corrected chi connectivity index (χ1v) is 4.56. The van der Waals surface area contributed by atoms with Crippen molar-refractivity contribution in [1.82, 2.24) is 0 Å². The molecule has 3 nitrogen and oxygen atoms in total. The Morgan fingerprint density at radius 2 is 1.80 bits per heavy atom. The molecule has 0 N–H and O–H groups in total. The maximum atomic E-state index is 10.2. The number of nitrogens with zero attached hydrogens (tertiary/aromatic N) is 1. The van der Waals surface area contributed by atoms with E-state index in [1.165, 1.54) is 6.08 Å². The highest BCUT2D eigenvalue weighted by Gasteiger charge is 1.94. The molecule has 0 saturated carbocycles. The van der Waals surface area contributed by atoms with Crippen LogP contribution in [0.4, 0.5) is 0 Å². The molecular formula is C12H9NO2. The van der Waals surface area contributed by atoms with Gasteiger partial charge in [-0.3, -0.25) is 10.1 Å². The van der Waals surface area contributed by atoms with Gasteiger partial charge in [0.2, 0.25) is 6.20 Å². The summed E-state index contributed by atoms with van der Waals surface area (Å²) in [7, 11) is 0. The molecule has 0 atom stereocenters. The highest BCUT2D eigenvalue weighted by atomic mass is 16.6. The summed E-state index contributed by atoms with van der Waals surface area (Å²) in [5.74, 6) is 0. The maximum Gasteiger partial charge on any atom is 0.235 e. The first kappa shape index (κ1) is 9.40. The molecule has 0 spiro atoms. The Morgan fingerprint density at radius 3 is 2.53 bits per heavy atom. The predicted octanol–water partition coefficient (Wildman–Crippen LogP) is 3.09. The predicted molar refractivity (Wildman–Crippen MR) is 60.0 cm³/mol. The smallest absolute Gasteiger partial charge is 0.235 e. The van der Waals surface area contributed by atoms with E-state index in [2.05, 4.69) is 0 Å². The standard InChI is InChI=1S/C12H9NO2/c14-13(15)8-7-10-5-6-11-3-1-2-4-12(11)9-10/h1-9H/b8-7+. The van der Waals surface area contributed by atoms with Gasteiger partial charge in [0.1, 0.15) is 0 Å². The topological polar surface area (TPSA) is 43.1 Å². The quantitative estimate of drug-likeness (QED) is 0.551. The Balaban J connectivity index is 2.43. The molecule has 74 valence electrons. The number of fused-ring (bicyclic) bond motifs is 1. The fourth-order valence-corrected chi connectivity index (χ4v) is 1.46. The van der Waals surface area contributed by atoms with Crippen LogP contribution in [0.25, 0.3) is 16.8 Å². The lowest BCUT2D eigenvalue weighted by atomic mass is 10.1. The first-order chi connectivity index (χ1) is 7.25. The van der Waals surface area contributed by atoms with E-state index in [9.17, 15) is 10.1 Å². The van der Waals surface area contributed by atoms with E-state index in [1.54, 1.807) is 0 Å². The molecule has 0 fully saturated rings. The van der Waals surface area contributed by atoms with Gasteiger partial charge in [-0.2, -0.15) is 0 Å². The minimum atomic E-state index is -0.463. The summed E-state index contributed by atoms with van der Waals surface area (Å²) < 4.78 is 0. The van der Waals surface area contributed by atoms with Crippen molar-refractivity contribution in [3.8, 4) is 0 Å². The van der Waals surface area contributed by atoms with Crippen molar-refractivity contribution >= 4 is 16.8 Å². The molecular weight excluding hydrogens is 190 g/mol. The summed E-state index contributed by atoms with van der Waals surface area (Å²) in [5, 5.41) is 12.4. The van der Waals surface area contributed by atoms with Crippen molar-refractivity contribution in [3.05, 3.63) is 64.3 Å². The van der Waals surface area contributed by atoms with E-state index in [4.69, 9.17) is 0 Å². The fourth-order valence-electron chi connectivity index (χ4n) is 1.46. The highest BCUT2D eigenvalue weighted by molar-refractivity contribution is 5.84. The Hall–Kier alpha value is -2.16. The van der Waals surface area contributed by atoms with Crippen LogP contribution in [0.5, 0.6) is 0 Å². The number of benzene rings is 2. The van der Waals surface area contributed by atoms with Gasteiger partial charge in [-0.15, -0.1) is 0 Å². The number of hydrogen-bond acceptors (Lipinski definition) is 2. The molecule has 0 saturated heterocycles. The molecule has 2 aromatic carbocycles. The molecule has 2 aromatic rings. The minimum absolute atomic E-state index is 0.463. The number of rotatable bonds is 2. The summed E-state index contributed by atoms with van der Waals surface area (Å²) in [6.45, 7) is 0. The van der Waals surface area contributed by atoms with Crippen LogP contribution in [0.1, 0.15) is 5.56 Å². The van der Waals surface area contributed by atoms with Crippen LogP contribution >= 0.6 is 0 Å². The molecule has 3 heteroatoms. The second-order valence-corrected chi connectivity index (χ2v) is 3.21. The summed E-state index contributed by atoms with van der Waals surface area (Å²) in [6.07, 6.45) is 2.44. The van der Waals surface area contributed by atoms with E-state index in [0.717, 1.165) is 22.5 Å². The largest absolute Gasteiger partial charge is 0.259 e. The van der Waals surface area contributed by atoms with Crippen LogP contribution in [-0.4, -0.2) is 4.92 Å². The van der Waals surface area contributed by atoms with E-state index in [-0.39, 0.29) is 0 Å². The Bertz CT molecular complexity index is 532. The zero-order valence-electron chi connectivity index (χ0n) is 7.96. The van der Waals surface area contributed by atoms with Crippen molar-refractivity contribution in [2.45, 2.75) is 0 Å². The van der Waals surface area contributed by atoms with Gasteiger partial charge in [0.05, 0.1) is 4.92 Å². The first-order valence-electron chi connectivity index (χ1n) is 4.56. The molecule has 0 unspecified atom stereocenters. The summed E-state index contributed by atoms with van der Waals surface area (Å²) >= 11 is 0. The summed E-state index contributed by atoms with van der Waals surface area (Å²) in [6, 6.07) is 13.7. The van der Waals surface area contributed by atoms with Crippen LogP contribution in [0, 0.1) is 10.1 Å².